The molecule has 0 bridgehead atoms. The van der Waals surface area contributed by atoms with Gasteiger partial charge < -0.3 is 0 Å². The molecule has 0 saturated carbocycles. The monoisotopic (exact) mass is 202 g/mol. The average molecular weight is 202 g/mol. The Bertz CT molecular complexity index is 282. The zero-order valence-corrected chi connectivity index (χ0v) is 8.22. The van der Waals surface area contributed by atoms with Crippen LogP contribution in [0.25, 0.3) is 0 Å². The van der Waals surface area contributed by atoms with Gasteiger partial charge in [0.1, 0.15) is 0 Å². The van der Waals surface area contributed by atoms with E-state index in [1.165, 1.54) is 0 Å². The quantitative estimate of drug-likeness (QED) is 0.369. The Morgan fingerprint density at radius 2 is 1.92 bits per heavy atom. The normalized spacial score (nSPS) is 18.1. The molecular weight excluding hydrogens is 192 g/mol. The van der Waals surface area contributed by atoms with Crippen molar-refractivity contribution in [1.82, 2.24) is 10.2 Å². The van der Waals surface area contributed by atoms with Crippen LogP contribution in [0.5, 0.6) is 0 Å². The van der Waals surface area contributed by atoms with Crippen LogP contribution >= 0.6 is 12.6 Å². The van der Waals surface area contributed by atoms with E-state index >= 15 is 0 Å². The maximum atomic E-state index is 11.1. The first-order chi connectivity index (χ1) is 5.81. The van der Waals surface area contributed by atoms with Crippen LogP contribution in [0.3, 0.4) is 0 Å². The summed E-state index contributed by atoms with van der Waals surface area (Å²) in [6.07, 6.45) is 0. The highest BCUT2D eigenvalue weighted by Gasteiger charge is 2.38. The molecule has 1 N–H and O–H groups in total. The molecule has 1 rings (SSSR count). The molecule has 13 heavy (non-hydrogen) atoms. The van der Waals surface area contributed by atoms with E-state index in [1.54, 1.807) is 13.8 Å². The third-order valence-corrected chi connectivity index (χ3v) is 1.59. The van der Waals surface area contributed by atoms with Crippen molar-refractivity contribution >= 4 is 30.5 Å². The van der Waals surface area contributed by atoms with E-state index in [2.05, 4.69) is 12.6 Å². The van der Waals surface area contributed by atoms with E-state index in [9.17, 15) is 14.4 Å². The Hall–Kier alpha value is -1.04. The van der Waals surface area contributed by atoms with Crippen molar-refractivity contribution < 1.29 is 14.4 Å². The lowest BCUT2D eigenvalue weighted by Crippen LogP contribution is -2.39. The number of carbonyl (C=O) groups excluding carboxylic acids is 3. The van der Waals surface area contributed by atoms with E-state index in [-0.39, 0.29) is 6.54 Å². The zero-order chi connectivity index (χ0) is 10.2. The van der Waals surface area contributed by atoms with Gasteiger partial charge in [-0.2, -0.15) is 12.6 Å². The number of thiol groups is 1. The second kappa shape index (κ2) is 3.02. The minimum Gasteiger partial charge on any atom is -0.269 e. The molecule has 0 aliphatic carbocycles. The Kier molecular flexibility index (Phi) is 2.34. The predicted molar refractivity (Wildman–Crippen MR) is 48.3 cm³/mol. The first kappa shape index (κ1) is 10.0. The summed E-state index contributed by atoms with van der Waals surface area (Å²) in [5.74, 6) is -1.69. The van der Waals surface area contributed by atoms with E-state index in [0.29, 0.717) is 0 Å². The molecule has 5 nitrogen and oxygen atoms in total. The Balaban J connectivity index is 2.76. The maximum absolute atomic E-state index is 11.1. The van der Waals surface area contributed by atoms with E-state index in [1.807, 2.05) is 5.32 Å². The van der Waals surface area contributed by atoms with Crippen LogP contribution in [0.2, 0.25) is 0 Å². The van der Waals surface area contributed by atoms with E-state index in [4.69, 9.17) is 0 Å². The summed E-state index contributed by atoms with van der Waals surface area (Å²) in [5.41, 5.74) is 0. The van der Waals surface area contributed by atoms with Gasteiger partial charge in [-0.05, 0) is 13.8 Å². The number of urea groups is 1. The number of amides is 4. The first-order valence-corrected chi connectivity index (χ1v) is 4.15. The lowest BCUT2D eigenvalue weighted by Gasteiger charge is -2.22. The van der Waals surface area contributed by atoms with E-state index in [0.717, 1.165) is 4.90 Å². The van der Waals surface area contributed by atoms with Crippen LogP contribution in [-0.4, -0.2) is 34.0 Å². The van der Waals surface area contributed by atoms with Crippen molar-refractivity contribution in [2.24, 2.45) is 0 Å². The molecule has 0 aromatic carbocycles. The molecule has 1 aliphatic rings. The van der Waals surface area contributed by atoms with Crippen LogP contribution in [-0.2, 0) is 9.59 Å². The molecular formula is C7H10N2O3S. The fourth-order valence-corrected chi connectivity index (χ4v) is 1.10. The highest BCUT2D eigenvalue weighted by Crippen LogP contribution is 2.15. The third kappa shape index (κ3) is 2.21. The molecule has 0 atom stereocenters. The van der Waals surface area contributed by atoms with Crippen molar-refractivity contribution in [2.75, 3.05) is 6.54 Å². The van der Waals surface area contributed by atoms with Crippen molar-refractivity contribution in [3.8, 4) is 0 Å². The number of imide groups is 2. The lowest BCUT2D eigenvalue weighted by molar-refractivity contribution is -0.140. The van der Waals surface area contributed by atoms with Crippen LogP contribution in [0.15, 0.2) is 0 Å². The summed E-state index contributed by atoms with van der Waals surface area (Å²) in [6.45, 7) is 3.62. The van der Waals surface area contributed by atoms with Crippen molar-refractivity contribution in [3.05, 3.63) is 0 Å². The molecule has 1 aliphatic heterocycles. The highest BCUT2D eigenvalue weighted by molar-refractivity contribution is 7.81. The largest absolute Gasteiger partial charge is 0.331 e. The van der Waals surface area contributed by atoms with Crippen LogP contribution in [0.4, 0.5) is 4.79 Å². The van der Waals surface area contributed by atoms with Crippen LogP contribution in [0.1, 0.15) is 13.8 Å². The Morgan fingerprint density at radius 3 is 2.23 bits per heavy atom. The van der Waals surface area contributed by atoms with Crippen molar-refractivity contribution in [2.45, 2.75) is 18.6 Å². The second-order valence-electron chi connectivity index (χ2n) is 3.46. The minimum atomic E-state index is -0.873. The minimum absolute atomic E-state index is 0.118. The van der Waals surface area contributed by atoms with Crippen LogP contribution < -0.4 is 5.32 Å². The summed E-state index contributed by atoms with van der Waals surface area (Å²) in [6, 6.07) is -0.669. The van der Waals surface area contributed by atoms with Gasteiger partial charge in [0.15, 0.2) is 0 Å². The highest BCUT2D eigenvalue weighted by atomic mass is 32.1. The topological polar surface area (TPSA) is 66.5 Å². The lowest BCUT2D eigenvalue weighted by atomic mass is 10.2. The molecule has 1 saturated heterocycles. The predicted octanol–water partition coefficient (Wildman–Crippen LogP) is -0.227. The number of nitrogens with zero attached hydrogens (tertiary/aromatic N) is 1. The van der Waals surface area contributed by atoms with Gasteiger partial charge in [-0.25, -0.2) is 4.79 Å². The maximum Gasteiger partial charge on any atom is 0.331 e. The first-order valence-electron chi connectivity index (χ1n) is 3.70. The molecule has 1 fully saturated rings. The number of hydrogen-bond donors (Lipinski definition) is 2. The molecule has 0 aromatic rings. The number of hydrogen-bond acceptors (Lipinski definition) is 4. The molecule has 6 heteroatoms. The summed E-state index contributed by atoms with van der Waals surface area (Å²) < 4.78 is -0.502. The molecule has 0 radical (unpaired) electrons. The van der Waals surface area contributed by atoms with Gasteiger partial charge in [0.05, 0.1) is 0 Å². The summed E-state index contributed by atoms with van der Waals surface area (Å²) >= 11 is 4.16. The standard InChI is InChI=1S/C7H10N2O3S/c1-7(2,13)3-9-5(11)4(10)8-6(9)12/h13H,3H2,1-2H3,(H,8,10,12). The fourth-order valence-electron chi connectivity index (χ4n) is 0.963. The molecule has 0 spiro atoms. The molecule has 0 unspecified atom stereocenters. The van der Waals surface area contributed by atoms with Gasteiger partial charge in [-0.15, -0.1) is 0 Å². The average Bonchev–Trinajstić information content (AvgIpc) is 2.14. The SMILES string of the molecule is CC(C)(S)CN1C(=O)NC(=O)C1=O. The molecule has 4 amide bonds. The molecule has 0 aromatic heterocycles. The smallest absolute Gasteiger partial charge is 0.269 e. The summed E-state index contributed by atoms with van der Waals surface area (Å²) in [4.78, 5) is 33.7. The van der Waals surface area contributed by atoms with Gasteiger partial charge >= 0.3 is 17.8 Å². The third-order valence-electron chi connectivity index (χ3n) is 1.45. The zero-order valence-electron chi connectivity index (χ0n) is 7.33. The molecule has 72 valence electrons. The van der Waals surface area contributed by atoms with Crippen molar-refractivity contribution in [1.29, 1.82) is 0 Å². The molecule has 1 heterocycles. The number of rotatable bonds is 2. The van der Waals surface area contributed by atoms with Gasteiger partial charge in [0.25, 0.3) is 0 Å². The van der Waals surface area contributed by atoms with Crippen molar-refractivity contribution in [3.63, 3.8) is 0 Å². The Morgan fingerprint density at radius 1 is 1.38 bits per heavy atom. The number of carbonyl (C=O) groups is 3. The summed E-state index contributed by atoms with van der Waals surface area (Å²) in [5, 5.41) is 1.90. The Labute approximate surface area is 80.9 Å². The van der Waals surface area contributed by atoms with Gasteiger partial charge in [-0.3, -0.25) is 19.8 Å². The van der Waals surface area contributed by atoms with E-state index < -0.39 is 22.6 Å². The van der Waals surface area contributed by atoms with Gasteiger partial charge in [0.2, 0.25) is 0 Å². The van der Waals surface area contributed by atoms with Gasteiger partial charge in [-0.1, -0.05) is 0 Å². The summed E-state index contributed by atoms with van der Waals surface area (Å²) in [7, 11) is 0. The number of nitrogens with one attached hydrogen (secondary N) is 1. The van der Waals surface area contributed by atoms with Gasteiger partial charge in [0, 0.05) is 11.3 Å². The fraction of sp³-hybridized carbons (Fsp3) is 0.571. The second-order valence-corrected chi connectivity index (χ2v) is 4.67. The van der Waals surface area contributed by atoms with Crippen LogP contribution in [0, 0.1) is 0 Å².